The molecule has 1 atom stereocenters. The van der Waals surface area contributed by atoms with Crippen molar-refractivity contribution in [2.24, 2.45) is 0 Å². The highest BCUT2D eigenvalue weighted by Crippen LogP contribution is 2.17. The lowest BCUT2D eigenvalue weighted by molar-refractivity contribution is -0.114. The molecule has 1 aliphatic rings. The van der Waals surface area contributed by atoms with E-state index in [0.29, 0.717) is 6.04 Å². The number of para-hydroxylation sites is 1. The molecule has 1 aromatic rings. The van der Waals surface area contributed by atoms with Gasteiger partial charge in [0.15, 0.2) is 0 Å². The molecule has 4 nitrogen and oxygen atoms in total. The lowest BCUT2D eigenvalue weighted by atomic mass is 10.1. The number of rotatable bonds is 3. The van der Waals surface area contributed by atoms with E-state index in [9.17, 15) is 4.79 Å². The molecule has 1 saturated heterocycles. The standard InChI is InChI=1S/C14H21N3O/c1-11-9-17(8-7-15-11)10-13-5-3-4-6-14(13)16-12(2)18/h3-6,11,15H,7-10H2,1-2H3,(H,16,18)/t11-/m1/s1. The number of nitrogens with one attached hydrogen (secondary N) is 2. The molecule has 0 spiro atoms. The second-order valence-electron chi connectivity index (χ2n) is 4.93. The van der Waals surface area contributed by atoms with Crippen LogP contribution in [-0.2, 0) is 11.3 Å². The van der Waals surface area contributed by atoms with Crippen LogP contribution in [0, 0.1) is 0 Å². The molecule has 0 radical (unpaired) electrons. The van der Waals surface area contributed by atoms with Crippen LogP contribution in [0.5, 0.6) is 0 Å². The molecule has 0 aromatic heterocycles. The van der Waals surface area contributed by atoms with E-state index >= 15 is 0 Å². The first-order chi connectivity index (χ1) is 8.65. The van der Waals surface area contributed by atoms with Crippen LogP contribution in [0.3, 0.4) is 0 Å². The zero-order valence-corrected chi connectivity index (χ0v) is 11.1. The first-order valence-corrected chi connectivity index (χ1v) is 6.46. The first-order valence-electron chi connectivity index (χ1n) is 6.46. The minimum Gasteiger partial charge on any atom is -0.326 e. The van der Waals surface area contributed by atoms with E-state index in [1.165, 1.54) is 5.56 Å². The number of anilines is 1. The normalized spacial score (nSPS) is 20.7. The Hall–Kier alpha value is -1.39. The average molecular weight is 247 g/mol. The van der Waals surface area contributed by atoms with Crippen LogP contribution >= 0.6 is 0 Å². The van der Waals surface area contributed by atoms with Crippen LogP contribution in [0.15, 0.2) is 24.3 Å². The topological polar surface area (TPSA) is 44.4 Å². The van der Waals surface area contributed by atoms with Gasteiger partial charge in [-0.15, -0.1) is 0 Å². The van der Waals surface area contributed by atoms with Crippen LogP contribution in [0.2, 0.25) is 0 Å². The van der Waals surface area contributed by atoms with E-state index in [0.717, 1.165) is 31.9 Å². The van der Waals surface area contributed by atoms with E-state index < -0.39 is 0 Å². The van der Waals surface area contributed by atoms with Crippen molar-refractivity contribution in [1.82, 2.24) is 10.2 Å². The van der Waals surface area contributed by atoms with Gasteiger partial charge in [0.25, 0.3) is 0 Å². The number of benzene rings is 1. The van der Waals surface area contributed by atoms with E-state index in [2.05, 4.69) is 28.5 Å². The molecule has 2 N–H and O–H groups in total. The molecule has 1 fully saturated rings. The minimum atomic E-state index is -0.0175. The maximum absolute atomic E-state index is 11.2. The number of piperazine rings is 1. The number of carbonyl (C=O) groups is 1. The number of carbonyl (C=O) groups excluding carboxylic acids is 1. The van der Waals surface area contributed by atoms with Gasteiger partial charge in [-0.3, -0.25) is 9.69 Å². The molecule has 0 aliphatic carbocycles. The first kappa shape index (κ1) is 13.1. The van der Waals surface area contributed by atoms with Crippen LogP contribution in [-0.4, -0.2) is 36.5 Å². The zero-order chi connectivity index (χ0) is 13.0. The van der Waals surface area contributed by atoms with Crippen molar-refractivity contribution in [2.75, 3.05) is 25.0 Å². The van der Waals surface area contributed by atoms with Gasteiger partial charge in [-0.05, 0) is 18.6 Å². The van der Waals surface area contributed by atoms with Crippen molar-refractivity contribution in [3.8, 4) is 0 Å². The fourth-order valence-electron chi connectivity index (χ4n) is 2.37. The number of amides is 1. The molecule has 1 aromatic carbocycles. The van der Waals surface area contributed by atoms with Gasteiger partial charge in [0, 0.05) is 44.8 Å². The largest absolute Gasteiger partial charge is 0.326 e. The third-order valence-corrected chi connectivity index (χ3v) is 3.17. The molecule has 4 heteroatoms. The summed E-state index contributed by atoms with van der Waals surface area (Å²) in [6.45, 7) is 7.77. The lowest BCUT2D eigenvalue weighted by Gasteiger charge is -2.32. The van der Waals surface area contributed by atoms with Crippen LogP contribution in [0.1, 0.15) is 19.4 Å². The van der Waals surface area contributed by atoms with Crippen LogP contribution < -0.4 is 10.6 Å². The number of nitrogens with zero attached hydrogens (tertiary/aromatic N) is 1. The molecular formula is C14H21N3O. The Balaban J connectivity index is 2.05. The van der Waals surface area contributed by atoms with Gasteiger partial charge in [-0.1, -0.05) is 18.2 Å². The van der Waals surface area contributed by atoms with Crippen molar-refractivity contribution in [3.05, 3.63) is 29.8 Å². The maximum atomic E-state index is 11.2. The fraction of sp³-hybridized carbons (Fsp3) is 0.500. The van der Waals surface area contributed by atoms with Gasteiger partial charge in [0.1, 0.15) is 0 Å². The van der Waals surface area contributed by atoms with Crippen molar-refractivity contribution in [1.29, 1.82) is 0 Å². The monoisotopic (exact) mass is 247 g/mol. The summed E-state index contributed by atoms with van der Waals surface area (Å²) in [5.41, 5.74) is 2.11. The highest BCUT2D eigenvalue weighted by Gasteiger charge is 2.16. The van der Waals surface area contributed by atoms with E-state index in [1.807, 2.05) is 18.2 Å². The third-order valence-electron chi connectivity index (χ3n) is 3.17. The van der Waals surface area contributed by atoms with Gasteiger partial charge < -0.3 is 10.6 Å². The smallest absolute Gasteiger partial charge is 0.221 e. The van der Waals surface area contributed by atoms with Gasteiger partial charge in [-0.2, -0.15) is 0 Å². The molecule has 0 unspecified atom stereocenters. The molecule has 1 aliphatic heterocycles. The molecule has 0 bridgehead atoms. The molecule has 0 saturated carbocycles. The molecule has 2 rings (SSSR count). The highest BCUT2D eigenvalue weighted by atomic mass is 16.1. The van der Waals surface area contributed by atoms with Crippen LogP contribution in [0.25, 0.3) is 0 Å². The second-order valence-corrected chi connectivity index (χ2v) is 4.93. The Morgan fingerprint density at radius 1 is 1.50 bits per heavy atom. The second kappa shape index (κ2) is 5.98. The Labute approximate surface area is 108 Å². The average Bonchev–Trinajstić information content (AvgIpc) is 2.31. The quantitative estimate of drug-likeness (QED) is 0.849. The summed E-state index contributed by atoms with van der Waals surface area (Å²) in [5, 5.41) is 6.33. The SMILES string of the molecule is CC(=O)Nc1ccccc1CN1CCN[C@H](C)C1. The number of hydrogen-bond donors (Lipinski definition) is 2. The summed E-state index contributed by atoms with van der Waals surface area (Å²) < 4.78 is 0. The van der Waals surface area contributed by atoms with Crippen molar-refractivity contribution >= 4 is 11.6 Å². The summed E-state index contributed by atoms with van der Waals surface area (Å²) >= 11 is 0. The molecule has 18 heavy (non-hydrogen) atoms. The van der Waals surface area contributed by atoms with E-state index in [4.69, 9.17) is 0 Å². The molecule has 1 heterocycles. The summed E-state index contributed by atoms with van der Waals surface area (Å²) in [7, 11) is 0. The number of hydrogen-bond acceptors (Lipinski definition) is 3. The minimum absolute atomic E-state index is 0.0175. The zero-order valence-electron chi connectivity index (χ0n) is 11.1. The summed E-state index contributed by atoms with van der Waals surface area (Å²) in [5.74, 6) is -0.0175. The molecular weight excluding hydrogens is 226 g/mol. The third kappa shape index (κ3) is 3.55. The highest BCUT2D eigenvalue weighted by molar-refractivity contribution is 5.89. The summed E-state index contributed by atoms with van der Waals surface area (Å²) in [4.78, 5) is 13.6. The summed E-state index contributed by atoms with van der Waals surface area (Å²) in [6, 6.07) is 8.55. The molecule has 98 valence electrons. The van der Waals surface area contributed by atoms with E-state index in [1.54, 1.807) is 6.92 Å². The van der Waals surface area contributed by atoms with Gasteiger partial charge in [0.05, 0.1) is 0 Å². The predicted molar refractivity (Wildman–Crippen MR) is 73.5 cm³/mol. The Bertz CT molecular complexity index is 419. The maximum Gasteiger partial charge on any atom is 0.221 e. The summed E-state index contributed by atoms with van der Waals surface area (Å²) in [6.07, 6.45) is 0. The Morgan fingerprint density at radius 2 is 2.28 bits per heavy atom. The van der Waals surface area contributed by atoms with Crippen molar-refractivity contribution < 1.29 is 4.79 Å². The Morgan fingerprint density at radius 3 is 3.00 bits per heavy atom. The van der Waals surface area contributed by atoms with Gasteiger partial charge in [-0.25, -0.2) is 0 Å². The van der Waals surface area contributed by atoms with Crippen LogP contribution in [0.4, 0.5) is 5.69 Å². The van der Waals surface area contributed by atoms with Crippen molar-refractivity contribution in [3.63, 3.8) is 0 Å². The molecule has 1 amide bonds. The lowest BCUT2D eigenvalue weighted by Crippen LogP contribution is -2.48. The van der Waals surface area contributed by atoms with Gasteiger partial charge >= 0.3 is 0 Å². The predicted octanol–water partition coefficient (Wildman–Crippen LogP) is 1.44. The van der Waals surface area contributed by atoms with Gasteiger partial charge in [0.2, 0.25) is 5.91 Å². The Kier molecular flexibility index (Phi) is 4.33. The van der Waals surface area contributed by atoms with E-state index in [-0.39, 0.29) is 5.91 Å². The fourth-order valence-corrected chi connectivity index (χ4v) is 2.37. The van der Waals surface area contributed by atoms with Crippen molar-refractivity contribution in [2.45, 2.75) is 26.4 Å².